The Morgan fingerprint density at radius 2 is 1.84 bits per heavy atom. The highest BCUT2D eigenvalue weighted by Crippen LogP contribution is 2.36. The van der Waals surface area contributed by atoms with E-state index in [2.05, 4.69) is 25.6 Å². The van der Waals surface area contributed by atoms with Crippen LogP contribution in [0.3, 0.4) is 0 Å². The summed E-state index contributed by atoms with van der Waals surface area (Å²) in [5.74, 6) is -0.102. The standard InChI is InChI=1S/C17H14F3N5/c18-17(19,20)13-9-22-16(25-15(13)23-11-5-6-11)24-12-7-10-3-1-2-4-14(10)21-8-12/h1-4,7-9,11H,5-6H2,(H2,22,23,24,25). The summed E-state index contributed by atoms with van der Waals surface area (Å²) in [5, 5.41) is 6.65. The number of benzene rings is 1. The van der Waals surface area contributed by atoms with E-state index in [1.54, 1.807) is 6.20 Å². The third kappa shape index (κ3) is 3.47. The van der Waals surface area contributed by atoms with Gasteiger partial charge in [0, 0.05) is 17.6 Å². The average Bonchev–Trinajstić information content (AvgIpc) is 3.38. The SMILES string of the molecule is FC(F)(F)c1cnc(Nc2cnc3ccccc3c2)nc1NC1CC1. The van der Waals surface area contributed by atoms with E-state index >= 15 is 0 Å². The number of nitrogens with zero attached hydrogens (tertiary/aromatic N) is 3. The van der Waals surface area contributed by atoms with Crippen molar-refractivity contribution < 1.29 is 13.2 Å². The first-order valence-corrected chi connectivity index (χ1v) is 7.81. The molecule has 8 heteroatoms. The summed E-state index contributed by atoms with van der Waals surface area (Å²) in [5.41, 5.74) is 0.579. The van der Waals surface area contributed by atoms with Gasteiger partial charge in [0.2, 0.25) is 5.95 Å². The summed E-state index contributed by atoms with van der Waals surface area (Å²) in [6, 6.07) is 9.45. The van der Waals surface area contributed by atoms with Gasteiger partial charge < -0.3 is 10.6 Å². The number of para-hydroxylation sites is 1. The van der Waals surface area contributed by atoms with Crippen LogP contribution in [0.4, 0.5) is 30.6 Å². The largest absolute Gasteiger partial charge is 0.421 e. The second-order valence-electron chi connectivity index (χ2n) is 5.91. The number of hydrogen-bond donors (Lipinski definition) is 2. The lowest BCUT2D eigenvalue weighted by Crippen LogP contribution is -2.15. The Balaban J connectivity index is 1.64. The Hall–Kier alpha value is -2.90. The molecule has 5 nitrogen and oxygen atoms in total. The summed E-state index contributed by atoms with van der Waals surface area (Å²) in [7, 11) is 0. The zero-order valence-electron chi connectivity index (χ0n) is 13.0. The lowest BCUT2D eigenvalue weighted by atomic mass is 10.2. The molecule has 2 N–H and O–H groups in total. The summed E-state index contributed by atoms with van der Waals surface area (Å²) < 4.78 is 39.3. The number of pyridine rings is 1. The molecule has 25 heavy (non-hydrogen) atoms. The van der Waals surface area contributed by atoms with Crippen LogP contribution in [0, 0.1) is 0 Å². The predicted octanol–water partition coefficient (Wildman–Crippen LogP) is 4.36. The normalized spacial score (nSPS) is 14.5. The van der Waals surface area contributed by atoms with Crippen molar-refractivity contribution in [1.82, 2.24) is 15.0 Å². The summed E-state index contributed by atoms with van der Waals surface area (Å²) >= 11 is 0. The van der Waals surface area contributed by atoms with Gasteiger partial charge in [0.25, 0.3) is 0 Å². The molecule has 3 aromatic rings. The van der Waals surface area contributed by atoms with Crippen molar-refractivity contribution in [3.05, 3.63) is 48.3 Å². The highest BCUT2D eigenvalue weighted by atomic mass is 19.4. The molecule has 0 amide bonds. The number of rotatable bonds is 4. The van der Waals surface area contributed by atoms with Crippen LogP contribution in [0.1, 0.15) is 18.4 Å². The van der Waals surface area contributed by atoms with E-state index in [4.69, 9.17) is 0 Å². The van der Waals surface area contributed by atoms with Crippen LogP contribution < -0.4 is 10.6 Å². The van der Waals surface area contributed by atoms with Crippen LogP contribution in [0.25, 0.3) is 10.9 Å². The molecule has 4 rings (SSSR count). The maximum Gasteiger partial charge on any atom is 0.421 e. The lowest BCUT2D eigenvalue weighted by molar-refractivity contribution is -0.137. The second-order valence-corrected chi connectivity index (χ2v) is 5.91. The summed E-state index contributed by atoms with van der Waals surface area (Å²) in [6.07, 6.45) is -0.413. The van der Waals surface area contributed by atoms with Crippen molar-refractivity contribution in [3.8, 4) is 0 Å². The molecule has 2 heterocycles. The highest BCUT2D eigenvalue weighted by molar-refractivity contribution is 5.82. The smallest absolute Gasteiger partial charge is 0.367 e. The maximum atomic E-state index is 13.1. The van der Waals surface area contributed by atoms with Gasteiger partial charge in [-0.05, 0) is 25.0 Å². The van der Waals surface area contributed by atoms with E-state index in [0.717, 1.165) is 29.9 Å². The monoisotopic (exact) mass is 345 g/mol. The van der Waals surface area contributed by atoms with E-state index in [-0.39, 0.29) is 17.8 Å². The van der Waals surface area contributed by atoms with Gasteiger partial charge in [-0.15, -0.1) is 0 Å². The van der Waals surface area contributed by atoms with E-state index in [9.17, 15) is 13.2 Å². The number of halogens is 3. The Morgan fingerprint density at radius 1 is 1.04 bits per heavy atom. The zero-order chi connectivity index (χ0) is 17.4. The van der Waals surface area contributed by atoms with Crippen molar-refractivity contribution in [3.63, 3.8) is 0 Å². The molecule has 0 saturated heterocycles. The van der Waals surface area contributed by atoms with Crippen molar-refractivity contribution in [2.45, 2.75) is 25.1 Å². The van der Waals surface area contributed by atoms with Crippen LogP contribution >= 0.6 is 0 Å². The molecule has 0 radical (unpaired) electrons. The third-order valence-corrected chi connectivity index (χ3v) is 3.86. The average molecular weight is 345 g/mol. The van der Waals surface area contributed by atoms with Gasteiger partial charge in [-0.3, -0.25) is 4.98 Å². The first kappa shape index (κ1) is 15.6. The Morgan fingerprint density at radius 3 is 2.60 bits per heavy atom. The van der Waals surface area contributed by atoms with Crippen LogP contribution in [-0.4, -0.2) is 21.0 Å². The first-order valence-electron chi connectivity index (χ1n) is 7.81. The molecule has 1 aromatic carbocycles. The fourth-order valence-electron chi connectivity index (χ4n) is 2.45. The second kappa shape index (κ2) is 5.87. The van der Waals surface area contributed by atoms with Crippen molar-refractivity contribution in [2.24, 2.45) is 0 Å². The van der Waals surface area contributed by atoms with E-state index in [1.807, 2.05) is 30.3 Å². The fraction of sp³-hybridized carbons (Fsp3) is 0.235. The molecule has 128 valence electrons. The molecule has 2 aromatic heterocycles. The predicted molar refractivity (Wildman–Crippen MR) is 88.7 cm³/mol. The molecule has 0 unspecified atom stereocenters. The molecular formula is C17H14F3N5. The van der Waals surface area contributed by atoms with Gasteiger partial charge in [0.05, 0.1) is 17.4 Å². The zero-order valence-corrected chi connectivity index (χ0v) is 13.0. The molecule has 0 bridgehead atoms. The topological polar surface area (TPSA) is 62.7 Å². The summed E-state index contributed by atoms with van der Waals surface area (Å²) in [6.45, 7) is 0. The van der Waals surface area contributed by atoms with Crippen molar-refractivity contribution in [2.75, 3.05) is 10.6 Å². The molecule has 0 spiro atoms. The third-order valence-electron chi connectivity index (χ3n) is 3.86. The van der Waals surface area contributed by atoms with E-state index < -0.39 is 11.7 Å². The molecule has 1 fully saturated rings. The van der Waals surface area contributed by atoms with E-state index in [0.29, 0.717) is 5.69 Å². The number of anilines is 3. The molecule has 1 aliphatic rings. The number of hydrogen-bond acceptors (Lipinski definition) is 5. The fourth-order valence-corrected chi connectivity index (χ4v) is 2.45. The minimum atomic E-state index is -4.50. The first-order chi connectivity index (χ1) is 12.0. The number of fused-ring (bicyclic) bond motifs is 1. The molecule has 0 aliphatic heterocycles. The van der Waals surface area contributed by atoms with Crippen molar-refractivity contribution in [1.29, 1.82) is 0 Å². The quantitative estimate of drug-likeness (QED) is 0.735. The van der Waals surface area contributed by atoms with Crippen molar-refractivity contribution >= 4 is 28.4 Å². The number of aromatic nitrogens is 3. The maximum absolute atomic E-state index is 13.1. The van der Waals surface area contributed by atoms with Gasteiger partial charge >= 0.3 is 6.18 Å². The lowest BCUT2D eigenvalue weighted by Gasteiger charge is -2.14. The van der Waals surface area contributed by atoms with Gasteiger partial charge in [-0.1, -0.05) is 18.2 Å². The van der Waals surface area contributed by atoms with Crippen LogP contribution in [-0.2, 0) is 6.18 Å². The Labute approximate surface area is 141 Å². The molecule has 1 aliphatic carbocycles. The van der Waals surface area contributed by atoms with E-state index in [1.165, 1.54) is 0 Å². The Kier molecular flexibility index (Phi) is 3.67. The number of nitrogens with one attached hydrogen (secondary N) is 2. The minimum Gasteiger partial charge on any atom is -0.367 e. The van der Waals surface area contributed by atoms with Gasteiger partial charge in [0.15, 0.2) is 0 Å². The van der Waals surface area contributed by atoms with Gasteiger partial charge in [-0.2, -0.15) is 18.2 Å². The molecule has 0 atom stereocenters. The number of alkyl halides is 3. The van der Waals surface area contributed by atoms with Gasteiger partial charge in [0.1, 0.15) is 11.4 Å². The van der Waals surface area contributed by atoms with Crippen LogP contribution in [0.2, 0.25) is 0 Å². The summed E-state index contributed by atoms with van der Waals surface area (Å²) in [4.78, 5) is 12.1. The van der Waals surface area contributed by atoms with Crippen LogP contribution in [0.15, 0.2) is 42.7 Å². The molecular weight excluding hydrogens is 331 g/mol. The van der Waals surface area contributed by atoms with Gasteiger partial charge in [-0.25, -0.2) is 4.98 Å². The Bertz CT molecular complexity index is 922. The minimum absolute atomic E-state index is 0.0474. The molecule has 1 saturated carbocycles. The van der Waals surface area contributed by atoms with Crippen LogP contribution in [0.5, 0.6) is 0 Å². The highest BCUT2D eigenvalue weighted by Gasteiger charge is 2.36.